The summed E-state index contributed by atoms with van der Waals surface area (Å²) in [5.74, 6) is 0.674. The Morgan fingerprint density at radius 2 is 2.24 bits per heavy atom. The summed E-state index contributed by atoms with van der Waals surface area (Å²) in [6, 6.07) is 0.281. The van der Waals surface area contributed by atoms with Crippen LogP contribution in [0.1, 0.15) is 31.5 Å². The Balaban J connectivity index is 1.62. The number of aromatic nitrogens is 4. The normalized spacial score (nSPS) is 30.0. The van der Waals surface area contributed by atoms with Crippen molar-refractivity contribution in [1.29, 1.82) is 0 Å². The van der Waals surface area contributed by atoms with Crippen molar-refractivity contribution in [3.8, 4) is 0 Å². The van der Waals surface area contributed by atoms with Crippen LogP contribution in [0.3, 0.4) is 0 Å². The molecule has 1 N–H and O–H groups in total. The number of nitrogens with zero attached hydrogens (tertiary/aromatic N) is 4. The van der Waals surface area contributed by atoms with E-state index >= 15 is 0 Å². The largest absolute Gasteiger partial charge is 0.381 e. The van der Waals surface area contributed by atoms with E-state index in [0.717, 1.165) is 32.2 Å². The zero-order valence-corrected chi connectivity index (χ0v) is 15.0. The predicted octanol–water partition coefficient (Wildman–Crippen LogP) is 0.815. The van der Waals surface area contributed by atoms with Gasteiger partial charge in [0.1, 0.15) is 11.2 Å². The second kappa shape index (κ2) is 6.19. The molecule has 2 fully saturated rings. The first kappa shape index (κ1) is 16.7. The quantitative estimate of drug-likeness (QED) is 0.881. The summed E-state index contributed by atoms with van der Waals surface area (Å²) in [6.07, 6.45) is 5.81. The molecule has 2 aromatic rings. The van der Waals surface area contributed by atoms with Crippen LogP contribution in [0.2, 0.25) is 0 Å². The van der Waals surface area contributed by atoms with Gasteiger partial charge in [-0.1, -0.05) is 0 Å². The highest BCUT2D eigenvalue weighted by atomic mass is 16.5. The number of H-pyrrole nitrogens is 1. The van der Waals surface area contributed by atoms with Crippen molar-refractivity contribution in [2.75, 3.05) is 20.8 Å². The Kier molecular flexibility index (Phi) is 4.13. The summed E-state index contributed by atoms with van der Waals surface area (Å²) >= 11 is 0. The van der Waals surface area contributed by atoms with Gasteiger partial charge in [0.25, 0.3) is 5.56 Å². The van der Waals surface area contributed by atoms with Crippen molar-refractivity contribution in [1.82, 2.24) is 24.6 Å². The van der Waals surface area contributed by atoms with E-state index in [0.29, 0.717) is 23.4 Å². The number of likely N-dealkylation sites (tertiary alicyclic amines) is 1. The molecule has 0 bridgehead atoms. The molecule has 136 valence electrons. The second-order valence-electron chi connectivity index (χ2n) is 7.16. The van der Waals surface area contributed by atoms with E-state index in [-0.39, 0.29) is 23.3 Å². The first-order valence-corrected chi connectivity index (χ1v) is 8.79. The first-order valence-electron chi connectivity index (χ1n) is 8.79. The van der Waals surface area contributed by atoms with Crippen molar-refractivity contribution in [2.45, 2.75) is 50.0 Å². The van der Waals surface area contributed by atoms with Crippen molar-refractivity contribution in [3.05, 3.63) is 22.4 Å². The van der Waals surface area contributed by atoms with Gasteiger partial charge in [0.2, 0.25) is 0 Å². The lowest BCUT2D eigenvalue weighted by Crippen LogP contribution is -2.51. The molecule has 1 saturated heterocycles. The maximum Gasteiger partial charge on any atom is 0.262 e. The number of nitrogens with one attached hydrogen (secondary N) is 1. The molecule has 0 radical (unpaired) electrons. The van der Waals surface area contributed by atoms with Crippen LogP contribution in [-0.2, 0) is 23.1 Å². The van der Waals surface area contributed by atoms with Crippen LogP contribution in [0.25, 0.3) is 11.0 Å². The van der Waals surface area contributed by atoms with Crippen LogP contribution in [0.5, 0.6) is 0 Å². The minimum atomic E-state index is -0.135. The summed E-state index contributed by atoms with van der Waals surface area (Å²) in [5, 5.41) is 4.65. The molecular formula is C17H25N5O3. The van der Waals surface area contributed by atoms with E-state index in [1.807, 2.05) is 7.11 Å². The Labute approximate surface area is 146 Å². The minimum absolute atomic E-state index is 0.105. The summed E-state index contributed by atoms with van der Waals surface area (Å²) in [4.78, 5) is 22.2. The number of methoxy groups -OCH3 is 2. The van der Waals surface area contributed by atoms with Gasteiger partial charge < -0.3 is 14.5 Å². The van der Waals surface area contributed by atoms with Gasteiger partial charge in [-0.05, 0) is 25.7 Å². The maximum absolute atomic E-state index is 12.3. The van der Waals surface area contributed by atoms with E-state index in [2.05, 4.69) is 20.0 Å². The van der Waals surface area contributed by atoms with Gasteiger partial charge in [-0.2, -0.15) is 5.10 Å². The molecule has 1 saturated carbocycles. The number of hydrogen-bond acceptors (Lipinski definition) is 6. The van der Waals surface area contributed by atoms with Gasteiger partial charge in [0, 0.05) is 33.9 Å². The van der Waals surface area contributed by atoms with Crippen molar-refractivity contribution >= 4 is 11.0 Å². The van der Waals surface area contributed by atoms with Crippen LogP contribution in [0.4, 0.5) is 0 Å². The summed E-state index contributed by atoms with van der Waals surface area (Å²) in [6.45, 7) is 1.53. The molecule has 1 aliphatic heterocycles. The Morgan fingerprint density at radius 1 is 1.40 bits per heavy atom. The summed E-state index contributed by atoms with van der Waals surface area (Å²) in [5.41, 5.74) is 0.379. The molecule has 0 aromatic carbocycles. The fraction of sp³-hybridized carbons (Fsp3) is 0.706. The second-order valence-corrected chi connectivity index (χ2v) is 7.16. The van der Waals surface area contributed by atoms with Crippen molar-refractivity contribution < 1.29 is 9.47 Å². The molecule has 2 aliphatic rings. The van der Waals surface area contributed by atoms with Crippen LogP contribution in [0.15, 0.2) is 11.0 Å². The van der Waals surface area contributed by atoms with Crippen LogP contribution in [-0.4, -0.2) is 63.2 Å². The summed E-state index contributed by atoms with van der Waals surface area (Å²) in [7, 11) is 5.39. The number of rotatable bonds is 4. The van der Waals surface area contributed by atoms with Gasteiger partial charge >= 0.3 is 0 Å². The highest BCUT2D eigenvalue weighted by molar-refractivity contribution is 5.72. The highest BCUT2D eigenvalue weighted by Crippen LogP contribution is 2.43. The molecule has 1 aliphatic carbocycles. The third kappa shape index (κ3) is 2.68. The van der Waals surface area contributed by atoms with Gasteiger partial charge in [0.05, 0.1) is 24.4 Å². The fourth-order valence-electron chi connectivity index (χ4n) is 4.50. The van der Waals surface area contributed by atoms with Crippen molar-refractivity contribution in [2.24, 2.45) is 7.05 Å². The molecule has 3 heterocycles. The summed E-state index contributed by atoms with van der Waals surface area (Å²) < 4.78 is 13.2. The number of ether oxygens (including phenoxy) is 2. The molecule has 0 amide bonds. The van der Waals surface area contributed by atoms with Gasteiger partial charge in [-0.25, -0.2) is 4.98 Å². The molecule has 3 atom stereocenters. The fourth-order valence-corrected chi connectivity index (χ4v) is 4.50. The van der Waals surface area contributed by atoms with E-state index < -0.39 is 0 Å². The third-order valence-corrected chi connectivity index (χ3v) is 5.99. The molecule has 25 heavy (non-hydrogen) atoms. The lowest BCUT2D eigenvalue weighted by molar-refractivity contribution is -0.0949. The molecule has 0 unspecified atom stereocenters. The van der Waals surface area contributed by atoms with E-state index in [1.165, 1.54) is 0 Å². The Morgan fingerprint density at radius 3 is 3.00 bits per heavy atom. The van der Waals surface area contributed by atoms with E-state index in [1.54, 1.807) is 25.0 Å². The van der Waals surface area contributed by atoms with E-state index in [9.17, 15) is 4.79 Å². The molecular weight excluding hydrogens is 322 g/mol. The van der Waals surface area contributed by atoms with Gasteiger partial charge in [-0.15, -0.1) is 0 Å². The molecule has 4 rings (SSSR count). The number of hydrogen-bond donors (Lipinski definition) is 1. The predicted molar refractivity (Wildman–Crippen MR) is 92.3 cm³/mol. The molecule has 8 nitrogen and oxygen atoms in total. The van der Waals surface area contributed by atoms with Gasteiger partial charge in [0.15, 0.2) is 5.65 Å². The van der Waals surface area contributed by atoms with Crippen LogP contribution in [0, 0.1) is 0 Å². The Hall–Kier alpha value is -1.77. The number of aryl methyl sites for hydroxylation is 1. The zero-order chi connectivity index (χ0) is 17.6. The smallest absolute Gasteiger partial charge is 0.262 e. The van der Waals surface area contributed by atoms with E-state index in [4.69, 9.17) is 9.47 Å². The Bertz CT molecular complexity index is 831. The van der Waals surface area contributed by atoms with Crippen LogP contribution >= 0.6 is 0 Å². The molecule has 0 spiro atoms. The van der Waals surface area contributed by atoms with Gasteiger partial charge in [-0.3, -0.25) is 14.4 Å². The lowest BCUT2D eigenvalue weighted by Gasteiger charge is -2.43. The minimum Gasteiger partial charge on any atom is -0.381 e. The molecule has 2 aromatic heterocycles. The van der Waals surface area contributed by atoms with Crippen LogP contribution < -0.4 is 5.56 Å². The van der Waals surface area contributed by atoms with Crippen molar-refractivity contribution in [3.63, 3.8) is 0 Å². The SMILES string of the molecule is CO[C@H]1CC[C@@]2(OC)CCN(Cc3nc4c(cnn4C)c(=O)[nH]3)[C@H]2C1. The third-order valence-electron chi connectivity index (χ3n) is 5.99. The first-order chi connectivity index (χ1) is 12.1. The average molecular weight is 347 g/mol. The zero-order valence-electron chi connectivity index (χ0n) is 15.0. The lowest BCUT2D eigenvalue weighted by atomic mass is 9.79. The molecule has 8 heteroatoms. The highest BCUT2D eigenvalue weighted by Gasteiger charge is 2.51. The number of aromatic amines is 1. The standard InChI is InChI=1S/C17H25N5O3/c1-21-15-12(9-18-21)16(23)20-14(19-15)10-22-7-6-17(25-3)5-4-11(24-2)8-13(17)22/h9,11,13H,4-8,10H2,1-3H3,(H,19,20,23)/t11-,13-,17+/m0/s1. The topological polar surface area (TPSA) is 85.3 Å². The maximum atomic E-state index is 12.3. The number of fused-ring (bicyclic) bond motifs is 2. The average Bonchev–Trinajstić information content (AvgIpc) is 3.17. The monoisotopic (exact) mass is 347 g/mol.